The molecule has 0 spiro atoms. The molecule has 1 radical (unpaired) electrons. The quantitative estimate of drug-likeness (QED) is 0.782. The second kappa shape index (κ2) is 3.70. The van der Waals surface area contributed by atoms with Gasteiger partial charge in [-0.3, -0.25) is 0 Å². The Morgan fingerprint density at radius 3 is 2.79 bits per heavy atom. The molecule has 0 aliphatic heterocycles. The fraction of sp³-hybridized carbons (Fsp3) is 0.417. The van der Waals surface area contributed by atoms with Gasteiger partial charge in [0.05, 0.1) is 0 Å². The number of aliphatic hydroxyl groups excluding tert-OH is 1. The second-order valence-corrected chi connectivity index (χ2v) is 3.93. The normalized spacial score (nSPS) is 18.2. The van der Waals surface area contributed by atoms with Crippen molar-refractivity contribution >= 4 is 0 Å². The molecule has 0 saturated heterocycles. The molecule has 75 valence electrons. The Kier molecular flexibility index (Phi) is 2.55. The highest BCUT2D eigenvalue weighted by molar-refractivity contribution is 5.33. The van der Waals surface area contributed by atoms with E-state index in [1.807, 2.05) is 6.07 Å². The summed E-state index contributed by atoms with van der Waals surface area (Å²) in [6.07, 6.45) is 2.17. The van der Waals surface area contributed by atoms with Crippen molar-refractivity contribution in [2.45, 2.75) is 24.7 Å². The number of halogens is 1. The summed E-state index contributed by atoms with van der Waals surface area (Å²) in [5.74, 6) is 0.135. The van der Waals surface area contributed by atoms with E-state index in [0.717, 1.165) is 24.0 Å². The first-order valence-corrected chi connectivity index (χ1v) is 4.95. The maximum Gasteiger partial charge on any atom is 0.126 e. The second-order valence-electron chi connectivity index (χ2n) is 3.93. The van der Waals surface area contributed by atoms with Crippen LogP contribution in [0.3, 0.4) is 0 Å². The van der Waals surface area contributed by atoms with Crippen molar-refractivity contribution in [3.8, 4) is 0 Å². The Labute approximate surface area is 83.6 Å². The molecule has 1 saturated carbocycles. The third-order valence-electron chi connectivity index (χ3n) is 2.73. The van der Waals surface area contributed by atoms with E-state index in [2.05, 4.69) is 6.92 Å². The summed E-state index contributed by atoms with van der Waals surface area (Å²) < 4.78 is 13.3. The number of rotatable bonds is 3. The van der Waals surface area contributed by atoms with E-state index < -0.39 is 0 Å². The van der Waals surface area contributed by atoms with Gasteiger partial charge in [0, 0.05) is 12.5 Å². The van der Waals surface area contributed by atoms with E-state index in [0.29, 0.717) is 5.92 Å². The van der Waals surface area contributed by atoms with Gasteiger partial charge in [-0.2, -0.15) is 0 Å². The maximum atomic E-state index is 13.3. The van der Waals surface area contributed by atoms with E-state index in [1.165, 1.54) is 6.07 Å². The molecule has 0 heterocycles. The molecule has 0 bridgehead atoms. The van der Waals surface area contributed by atoms with Crippen LogP contribution in [-0.4, -0.2) is 11.7 Å². The number of benzene rings is 1. The van der Waals surface area contributed by atoms with Crippen molar-refractivity contribution in [2.75, 3.05) is 6.61 Å². The standard InChI is InChI=1S/C12H14FO/c1-8(7-14)10-4-5-12(13)11(6-10)9-2-3-9/h4-6,8-9,14H,1-3,7H2. The van der Waals surface area contributed by atoms with Crippen LogP contribution in [0.4, 0.5) is 4.39 Å². The van der Waals surface area contributed by atoms with E-state index in [4.69, 9.17) is 5.11 Å². The van der Waals surface area contributed by atoms with Crippen LogP contribution < -0.4 is 0 Å². The summed E-state index contributed by atoms with van der Waals surface area (Å²) in [7, 11) is 0. The zero-order chi connectivity index (χ0) is 10.1. The monoisotopic (exact) mass is 193 g/mol. The highest BCUT2D eigenvalue weighted by Gasteiger charge is 2.26. The highest BCUT2D eigenvalue weighted by Crippen LogP contribution is 2.41. The van der Waals surface area contributed by atoms with Crippen LogP contribution in [0.5, 0.6) is 0 Å². The van der Waals surface area contributed by atoms with E-state index >= 15 is 0 Å². The lowest BCUT2D eigenvalue weighted by Gasteiger charge is -2.10. The molecule has 1 aliphatic carbocycles. The Bertz CT molecular complexity index is 331. The zero-order valence-corrected chi connectivity index (χ0v) is 8.04. The van der Waals surface area contributed by atoms with Crippen LogP contribution in [0.25, 0.3) is 0 Å². The minimum absolute atomic E-state index is 0.00966. The highest BCUT2D eigenvalue weighted by atomic mass is 19.1. The van der Waals surface area contributed by atoms with Gasteiger partial charge in [-0.15, -0.1) is 0 Å². The molecule has 1 unspecified atom stereocenters. The van der Waals surface area contributed by atoms with Crippen molar-refractivity contribution < 1.29 is 9.50 Å². The van der Waals surface area contributed by atoms with Gasteiger partial charge in [-0.1, -0.05) is 12.1 Å². The van der Waals surface area contributed by atoms with Crippen molar-refractivity contribution in [3.63, 3.8) is 0 Å². The fourth-order valence-corrected chi connectivity index (χ4v) is 1.63. The first-order chi connectivity index (χ1) is 6.72. The maximum absolute atomic E-state index is 13.3. The fourth-order valence-electron chi connectivity index (χ4n) is 1.63. The molecule has 2 rings (SSSR count). The van der Waals surface area contributed by atoms with Crippen LogP contribution in [0, 0.1) is 12.7 Å². The molecule has 1 nitrogen and oxygen atoms in total. The molecule has 0 amide bonds. The van der Waals surface area contributed by atoms with Gasteiger partial charge in [0.1, 0.15) is 5.82 Å². The third-order valence-corrected chi connectivity index (χ3v) is 2.73. The molecule has 2 heteroatoms. The summed E-state index contributed by atoms with van der Waals surface area (Å²) >= 11 is 0. The minimum Gasteiger partial charge on any atom is -0.396 e. The summed E-state index contributed by atoms with van der Waals surface area (Å²) in [6.45, 7) is 3.81. The van der Waals surface area contributed by atoms with Gasteiger partial charge < -0.3 is 5.11 Å². The van der Waals surface area contributed by atoms with Crippen LogP contribution in [0.2, 0.25) is 0 Å². The average Bonchev–Trinajstić information content (AvgIpc) is 3.01. The summed E-state index contributed by atoms with van der Waals surface area (Å²) in [4.78, 5) is 0. The van der Waals surface area contributed by atoms with Crippen molar-refractivity contribution in [2.24, 2.45) is 0 Å². The Morgan fingerprint density at radius 1 is 1.50 bits per heavy atom. The van der Waals surface area contributed by atoms with Gasteiger partial charge in [-0.05, 0) is 42.9 Å². The largest absolute Gasteiger partial charge is 0.396 e. The predicted molar refractivity (Wildman–Crippen MR) is 53.6 cm³/mol. The lowest BCUT2D eigenvalue weighted by atomic mass is 9.98. The van der Waals surface area contributed by atoms with Gasteiger partial charge in [-0.25, -0.2) is 4.39 Å². The molecule has 1 aromatic rings. The molecular weight excluding hydrogens is 179 g/mol. The van der Waals surface area contributed by atoms with E-state index in [1.54, 1.807) is 6.07 Å². The lowest BCUT2D eigenvalue weighted by molar-refractivity contribution is 0.282. The molecule has 1 N–H and O–H groups in total. The van der Waals surface area contributed by atoms with Crippen molar-refractivity contribution in [1.29, 1.82) is 0 Å². The molecule has 1 atom stereocenters. The van der Waals surface area contributed by atoms with Gasteiger partial charge in [0.25, 0.3) is 0 Å². The minimum atomic E-state index is -0.145. The van der Waals surface area contributed by atoms with Crippen LogP contribution in [0.15, 0.2) is 18.2 Å². The third kappa shape index (κ3) is 1.80. The Hall–Kier alpha value is -0.890. The van der Waals surface area contributed by atoms with Gasteiger partial charge >= 0.3 is 0 Å². The summed E-state index contributed by atoms with van der Waals surface area (Å²) in [5, 5.41) is 8.95. The van der Waals surface area contributed by atoms with Crippen molar-refractivity contribution in [3.05, 3.63) is 42.1 Å². The average molecular weight is 193 g/mol. The SMILES string of the molecule is [CH2]C(CO)c1ccc(F)c(C2CC2)c1. The smallest absolute Gasteiger partial charge is 0.126 e. The topological polar surface area (TPSA) is 20.2 Å². The van der Waals surface area contributed by atoms with Crippen LogP contribution in [0.1, 0.15) is 35.8 Å². The predicted octanol–water partition coefficient (Wildman–Crippen LogP) is 2.61. The number of hydrogen-bond donors (Lipinski definition) is 1. The summed E-state index contributed by atoms with van der Waals surface area (Å²) in [6, 6.07) is 5.03. The first-order valence-electron chi connectivity index (χ1n) is 4.95. The number of aliphatic hydroxyl groups is 1. The summed E-state index contributed by atoms with van der Waals surface area (Å²) in [5.41, 5.74) is 1.72. The van der Waals surface area contributed by atoms with Crippen molar-refractivity contribution in [1.82, 2.24) is 0 Å². The Balaban J connectivity index is 2.30. The molecule has 1 fully saturated rings. The van der Waals surface area contributed by atoms with E-state index in [9.17, 15) is 4.39 Å². The molecule has 0 aromatic heterocycles. The van der Waals surface area contributed by atoms with Crippen LogP contribution in [-0.2, 0) is 0 Å². The molecule has 1 aromatic carbocycles. The molecule has 14 heavy (non-hydrogen) atoms. The Morgan fingerprint density at radius 2 is 2.21 bits per heavy atom. The van der Waals surface area contributed by atoms with Gasteiger partial charge in [0.2, 0.25) is 0 Å². The first kappa shape index (κ1) is 9.66. The molecule has 1 aliphatic rings. The lowest BCUT2D eigenvalue weighted by Crippen LogP contribution is -2.01. The van der Waals surface area contributed by atoms with E-state index in [-0.39, 0.29) is 18.3 Å². The van der Waals surface area contributed by atoms with Gasteiger partial charge in [0.15, 0.2) is 0 Å². The van der Waals surface area contributed by atoms with Crippen LogP contribution >= 0.6 is 0 Å². The number of hydrogen-bond acceptors (Lipinski definition) is 1. The molecular formula is C12H14FO. The zero-order valence-electron chi connectivity index (χ0n) is 8.04.